The summed E-state index contributed by atoms with van der Waals surface area (Å²) in [5.74, 6) is 0. The first-order valence-corrected chi connectivity index (χ1v) is 6.64. The van der Waals surface area contributed by atoms with Gasteiger partial charge in [0.25, 0.3) is 0 Å². The molecule has 0 spiro atoms. The van der Waals surface area contributed by atoms with Crippen LogP contribution in [0.5, 0.6) is 0 Å². The molecule has 0 fully saturated rings. The summed E-state index contributed by atoms with van der Waals surface area (Å²) >= 11 is 5.71. The van der Waals surface area contributed by atoms with E-state index >= 15 is 0 Å². The van der Waals surface area contributed by atoms with Crippen molar-refractivity contribution < 1.29 is 23.1 Å². The predicted octanol–water partition coefficient (Wildman–Crippen LogP) is 2.80. The second kappa shape index (κ2) is 8.09. The summed E-state index contributed by atoms with van der Waals surface area (Å²) in [5.41, 5.74) is 0.724. The third-order valence-corrected chi connectivity index (χ3v) is 2.85. The maximum atomic E-state index is 12.4. The van der Waals surface area contributed by atoms with Gasteiger partial charge in [-0.05, 0) is 24.1 Å². The summed E-state index contributed by atoms with van der Waals surface area (Å²) in [6, 6.07) is 5.77. The van der Waals surface area contributed by atoms with Crippen molar-refractivity contribution >= 4 is 17.6 Å². The van der Waals surface area contributed by atoms with E-state index in [0.29, 0.717) is 9.92 Å². The Kier molecular flexibility index (Phi) is 6.77. The summed E-state index contributed by atoms with van der Waals surface area (Å²) in [4.78, 5) is 12.4. The average Bonchev–Trinajstić information content (AvgIpc) is 2.41. The monoisotopic (exact) mass is 324 g/mol. The van der Waals surface area contributed by atoms with E-state index in [2.05, 4.69) is 5.32 Å². The number of amides is 2. The van der Waals surface area contributed by atoms with E-state index < -0.39 is 18.8 Å². The number of alkyl halides is 3. The zero-order valence-electron chi connectivity index (χ0n) is 11.2. The van der Waals surface area contributed by atoms with Crippen molar-refractivity contribution in [1.29, 1.82) is 0 Å². The number of rotatable bonds is 6. The maximum absolute atomic E-state index is 12.4. The molecule has 0 radical (unpaired) electrons. The molecule has 1 aromatic rings. The molecule has 2 N–H and O–H groups in total. The second-order valence-corrected chi connectivity index (χ2v) is 4.84. The number of nitrogens with zero attached hydrogens (tertiary/aromatic N) is 1. The highest BCUT2D eigenvalue weighted by atomic mass is 35.5. The van der Waals surface area contributed by atoms with Crippen molar-refractivity contribution in [3.63, 3.8) is 0 Å². The van der Waals surface area contributed by atoms with E-state index in [1.165, 1.54) is 0 Å². The van der Waals surface area contributed by atoms with E-state index in [-0.39, 0.29) is 26.1 Å². The van der Waals surface area contributed by atoms with Crippen LogP contribution >= 0.6 is 11.6 Å². The van der Waals surface area contributed by atoms with Crippen LogP contribution in [0, 0.1) is 0 Å². The van der Waals surface area contributed by atoms with Gasteiger partial charge < -0.3 is 15.3 Å². The first-order valence-electron chi connectivity index (χ1n) is 6.26. The van der Waals surface area contributed by atoms with Gasteiger partial charge >= 0.3 is 12.2 Å². The number of aliphatic hydroxyl groups excluding tert-OH is 1. The lowest BCUT2D eigenvalue weighted by molar-refractivity contribution is -0.140. The molecule has 1 rings (SSSR count). The van der Waals surface area contributed by atoms with Gasteiger partial charge in [0.2, 0.25) is 0 Å². The Labute approximate surface area is 125 Å². The summed E-state index contributed by atoms with van der Waals surface area (Å²) in [6.45, 7) is -1.69. The maximum Gasteiger partial charge on any atom is 0.406 e. The largest absolute Gasteiger partial charge is 0.406 e. The van der Waals surface area contributed by atoms with Gasteiger partial charge in [0.15, 0.2) is 0 Å². The predicted molar refractivity (Wildman–Crippen MR) is 73.0 cm³/mol. The van der Waals surface area contributed by atoms with Gasteiger partial charge in [-0.2, -0.15) is 13.2 Å². The molecule has 0 aromatic heterocycles. The Hall–Kier alpha value is -1.47. The zero-order valence-corrected chi connectivity index (χ0v) is 11.9. The molecule has 0 heterocycles. The number of urea groups is 1. The molecule has 0 aliphatic rings. The van der Waals surface area contributed by atoms with Crippen molar-refractivity contribution in [1.82, 2.24) is 10.2 Å². The van der Waals surface area contributed by atoms with E-state index in [1.54, 1.807) is 24.3 Å². The Morgan fingerprint density at radius 2 is 1.90 bits per heavy atom. The van der Waals surface area contributed by atoms with Crippen molar-refractivity contribution in [2.24, 2.45) is 0 Å². The molecule has 21 heavy (non-hydrogen) atoms. The van der Waals surface area contributed by atoms with E-state index in [9.17, 15) is 18.0 Å². The van der Waals surface area contributed by atoms with E-state index in [4.69, 9.17) is 16.7 Å². The van der Waals surface area contributed by atoms with Crippen LogP contribution in [0.4, 0.5) is 18.0 Å². The fourth-order valence-electron chi connectivity index (χ4n) is 1.62. The lowest BCUT2D eigenvalue weighted by Gasteiger charge is -2.24. The van der Waals surface area contributed by atoms with Crippen molar-refractivity contribution in [2.75, 3.05) is 19.7 Å². The van der Waals surface area contributed by atoms with Crippen LogP contribution in [0.2, 0.25) is 5.02 Å². The summed E-state index contributed by atoms with van der Waals surface area (Å²) < 4.78 is 37.2. The Balaban J connectivity index is 2.56. The Bertz CT molecular complexity index is 452. The lowest BCUT2D eigenvalue weighted by Crippen LogP contribution is -2.45. The van der Waals surface area contributed by atoms with Gasteiger partial charge in [-0.15, -0.1) is 0 Å². The molecule has 0 saturated heterocycles. The van der Waals surface area contributed by atoms with Crippen LogP contribution in [0.15, 0.2) is 24.3 Å². The molecule has 0 aliphatic heterocycles. The molecule has 0 saturated carbocycles. The molecule has 118 valence electrons. The standard InChI is InChI=1S/C13H16ClF3N2O2/c14-11-4-2-10(3-5-11)8-18-12(21)19(6-1-7-20)9-13(15,16)17/h2-5,20H,1,6-9H2,(H,18,21). The summed E-state index contributed by atoms with van der Waals surface area (Å²) in [7, 11) is 0. The molecular formula is C13H16ClF3N2O2. The van der Waals surface area contributed by atoms with E-state index in [1.807, 2.05) is 0 Å². The minimum atomic E-state index is -4.48. The van der Waals surface area contributed by atoms with Crippen LogP contribution in [0.3, 0.4) is 0 Å². The highest BCUT2D eigenvalue weighted by Crippen LogP contribution is 2.17. The number of hydrogen-bond donors (Lipinski definition) is 2. The highest BCUT2D eigenvalue weighted by Gasteiger charge is 2.32. The number of nitrogens with one attached hydrogen (secondary N) is 1. The first-order chi connectivity index (χ1) is 9.81. The van der Waals surface area contributed by atoms with Crippen LogP contribution in [-0.2, 0) is 6.54 Å². The zero-order chi connectivity index (χ0) is 15.9. The van der Waals surface area contributed by atoms with Crippen molar-refractivity contribution in [3.8, 4) is 0 Å². The molecule has 0 unspecified atom stereocenters. The molecule has 0 atom stereocenters. The minimum Gasteiger partial charge on any atom is -0.396 e. The molecule has 8 heteroatoms. The molecule has 0 aliphatic carbocycles. The second-order valence-electron chi connectivity index (χ2n) is 4.40. The van der Waals surface area contributed by atoms with Crippen LogP contribution in [0.1, 0.15) is 12.0 Å². The van der Waals surface area contributed by atoms with Gasteiger partial charge in [0.1, 0.15) is 6.54 Å². The number of hydrogen-bond acceptors (Lipinski definition) is 2. The summed E-state index contributed by atoms with van der Waals surface area (Å²) in [5, 5.41) is 11.6. The Morgan fingerprint density at radius 1 is 1.29 bits per heavy atom. The molecule has 2 amide bonds. The van der Waals surface area contributed by atoms with Crippen molar-refractivity contribution in [3.05, 3.63) is 34.9 Å². The normalized spacial score (nSPS) is 11.3. The molecule has 4 nitrogen and oxygen atoms in total. The average molecular weight is 325 g/mol. The van der Waals surface area contributed by atoms with Gasteiger partial charge in [0.05, 0.1) is 0 Å². The first kappa shape index (κ1) is 17.6. The number of carbonyl (C=O) groups is 1. The van der Waals surface area contributed by atoms with Crippen LogP contribution < -0.4 is 5.32 Å². The van der Waals surface area contributed by atoms with Crippen LogP contribution in [0.25, 0.3) is 0 Å². The molecule has 1 aromatic carbocycles. The third-order valence-electron chi connectivity index (χ3n) is 2.60. The number of carbonyl (C=O) groups excluding carboxylic acids is 1. The fraction of sp³-hybridized carbons (Fsp3) is 0.462. The molecular weight excluding hydrogens is 309 g/mol. The van der Waals surface area contributed by atoms with E-state index in [0.717, 1.165) is 5.56 Å². The quantitative estimate of drug-likeness (QED) is 0.845. The van der Waals surface area contributed by atoms with Gasteiger partial charge in [-0.1, -0.05) is 23.7 Å². The molecule has 0 bridgehead atoms. The van der Waals surface area contributed by atoms with Crippen molar-refractivity contribution in [2.45, 2.75) is 19.1 Å². The number of halogens is 4. The smallest absolute Gasteiger partial charge is 0.396 e. The Morgan fingerprint density at radius 3 is 2.43 bits per heavy atom. The van der Waals surface area contributed by atoms with Gasteiger partial charge in [-0.3, -0.25) is 0 Å². The SMILES string of the molecule is O=C(NCc1ccc(Cl)cc1)N(CCCO)CC(F)(F)F. The third kappa shape index (κ3) is 7.19. The lowest BCUT2D eigenvalue weighted by atomic mass is 10.2. The topological polar surface area (TPSA) is 52.6 Å². The fourth-order valence-corrected chi connectivity index (χ4v) is 1.75. The number of aliphatic hydroxyl groups is 1. The van der Waals surface area contributed by atoms with Crippen LogP contribution in [-0.4, -0.2) is 41.9 Å². The summed E-state index contributed by atoms with van der Waals surface area (Å²) in [6.07, 6.45) is -4.39. The van der Waals surface area contributed by atoms with Gasteiger partial charge in [-0.25, -0.2) is 4.79 Å². The highest BCUT2D eigenvalue weighted by molar-refractivity contribution is 6.30. The minimum absolute atomic E-state index is 0.0877. The van der Waals surface area contributed by atoms with Gasteiger partial charge in [0, 0.05) is 24.7 Å². The number of benzene rings is 1.